The number of nitrogens with one attached hydrogen (secondary N) is 1. The summed E-state index contributed by atoms with van der Waals surface area (Å²) in [6.07, 6.45) is 0.266. The second kappa shape index (κ2) is 7.83. The van der Waals surface area contributed by atoms with Crippen LogP contribution in [0.2, 0.25) is 0 Å². The number of amides is 1. The number of hydrogen-bond acceptors (Lipinski definition) is 4. The quantitative estimate of drug-likeness (QED) is 0.708. The molecule has 138 valence electrons. The Kier molecular flexibility index (Phi) is 5.97. The molecule has 2 rings (SSSR count). The second-order valence-electron chi connectivity index (χ2n) is 6.81. The van der Waals surface area contributed by atoms with E-state index >= 15 is 0 Å². The van der Waals surface area contributed by atoms with E-state index in [4.69, 9.17) is 0 Å². The highest BCUT2D eigenvalue weighted by atomic mass is 32.1. The zero-order valence-corrected chi connectivity index (χ0v) is 16.2. The number of hydrogen-bond donors (Lipinski definition) is 2. The highest BCUT2D eigenvalue weighted by Crippen LogP contribution is 2.25. The van der Waals surface area contributed by atoms with Gasteiger partial charge in [-0.1, -0.05) is 12.1 Å². The zero-order valence-electron chi connectivity index (χ0n) is 15.4. The third-order valence-electron chi connectivity index (χ3n) is 4.35. The Labute approximate surface area is 157 Å². The van der Waals surface area contributed by atoms with Gasteiger partial charge in [-0.25, -0.2) is 0 Å². The number of benzene rings is 1. The second-order valence-corrected chi connectivity index (χ2v) is 8.27. The molecular formula is C20H23NO4S. The lowest BCUT2D eigenvalue weighted by atomic mass is 9.85. The van der Waals surface area contributed by atoms with Gasteiger partial charge in [0.05, 0.1) is 5.41 Å². The van der Waals surface area contributed by atoms with Crippen molar-refractivity contribution in [2.24, 2.45) is 0 Å². The van der Waals surface area contributed by atoms with Crippen LogP contribution in [0, 0.1) is 13.8 Å². The molecule has 0 unspecified atom stereocenters. The van der Waals surface area contributed by atoms with Crippen LogP contribution >= 0.6 is 11.3 Å². The molecule has 6 heteroatoms. The van der Waals surface area contributed by atoms with Crippen molar-refractivity contribution in [3.8, 4) is 0 Å². The lowest BCUT2D eigenvalue weighted by Crippen LogP contribution is -2.28. The molecule has 1 aromatic heterocycles. The standard InChI is InChI=1S/C20H23NO4S/c1-12-11-16(13(2)26-12)17(22)9-10-18(23)21-15-7-5-14(6-8-15)20(3,4)19(24)25/h5-8,11H,9-10H2,1-4H3,(H,21,23)(H,24,25). The number of carbonyl (C=O) groups is 3. The first-order chi connectivity index (χ1) is 12.1. The predicted octanol–water partition coefficient (Wildman–Crippen LogP) is 4.33. The Bertz CT molecular complexity index is 834. The summed E-state index contributed by atoms with van der Waals surface area (Å²) in [4.78, 5) is 37.6. The largest absolute Gasteiger partial charge is 0.481 e. The Morgan fingerprint density at radius 1 is 1.08 bits per heavy atom. The van der Waals surface area contributed by atoms with Crippen LogP contribution in [0.3, 0.4) is 0 Å². The molecule has 26 heavy (non-hydrogen) atoms. The van der Waals surface area contributed by atoms with Crippen LogP contribution in [0.4, 0.5) is 5.69 Å². The number of Topliss-reactive ketones (excluding diaryl/α,β-unsaturated/α-hetero) is 1. The first-order valence-electron chi connectivity index (χ1n) is 8.35. The number of aliphatic carboxylic acids is 1. The topological polar surface area (TPSA) is 83.5 Å². The van der Waals surface area contributed by atoms with E-state index in [1.165, 1.54) is 0 Å². The van der Waals surface area contributed by atoms with Crippen LogP contribution in [0.1, 0.15) is 52.4 Å². The molecule has 5 nitrogen and oxygen atoms in total. The van der Waals surface area contributed by atoms with Crippen molar-refractivity contribution in [1.29, 1.82) is 0 Å². The van der Waals surface area contributed by atoms with E-state index in [9.17, 15) is 19.5 Å². The molecule has 0 bridgehead atoms. The molecule has 0 saturated heterocycles. The minimum atomic E-state index is -0.995. The van der Waals surface area contributed by atoms with Gasteiger partial charge in [-0.15, -0.1) is 11.3 Å². The number of carbonyl (C=O) groups excluding carboxylic acids is 2. The first-order valence-corrected chi connectivity index (χ1v) is 9.17. The summed E-state index contributed by atoms with van der Waals surface area (Å²) in [7, 11) is 0. The number of rotatable bonds is 7. The molecule has 0 fully saturated rings. The van der Waals surface area contributed by atoms with E-state index in [-0.39, 0.29) is 24.5 Å². The van der Waals surface area contributed by atoms with E-state index in [0.717, 1.165) is 9.75 Å². The molecule has 0 aliphatic carbocycles. The maximum absolute atomic E-state index is 12.2. The first kappa shape index (κ1) is 19.8. The minimum absolute atomic E-state index is 0.0273. The normalized spacial score (nSPS) is 11.2. The summed E-state index contributed by atoms with van der Waals surface area (Å²) >= 11 is 1.58. The predicted molar refractivity (Wildman–Crippen MR) is 103 cm³/mol. The minimum Gasteiger partial charge on any atom is -0.481 e. The molecule has 2 N–H and O–H groups in total. The number of carboxylic acid groups (broad SMARTS) is 1. The van der Waals surface area contributed by atoms with Gasteiger partial charge in [-0.2, -0.15) is 0 Å². The number of aryl methyl sites for hydroxylation is 2. The molecule has 1 aromatic carbocycles. The van der Waals surface area contributed by atoms with Crippen LogP contribution in [0.5, 0.6) is 0 Å². The molecule has 0 atom stereocenters. The Morgan fingerprint density at radius 2 is 1.69 bits per heavy atom. The van der Waals surface area contributed by atoms with Gasteiger partial charge in [-0.05, 0) is 51.5 Å². The zero-order chi connectivity index (χ0) is 19.5. The van der Waals surface area contributed by atoms with Crippen molar-refractivity contribution in [3.05, 3.63) is 51.2 Å². The summed E-state index contributed by atoms with van der Waals surface area (Å²) in [5.74, 6) is -1.18. The molecule has 0 aliphatic heterocycles. The Morgan fingerprint density at radius 3 is 2.19 bits per heavy atom. The molecule has 1 heterocycles. The van der Waals surface area contributed by atoms with Crippen LogP contribution in [-0.4, -0.2) is 22.8 Å². The van der Waals surface area contributed by atoms with Gasteiger partial charge < -0.3 is 10.4 Å². The van der Waals surface area contributed by atoms with Crippen LogP contribution < -0.4 is 5.32 Å². The summed E-state index contributed by atoms with van der Waals surface area (Å²) in [6.45, 7) is 7.12. The van der Waals surface area contributed by atoms with E-state index in [1.54, 1.807) is 49.4 Å². The van der Waals surface area contributed by atoms with E-state index in [2.05, 4.69) is 5.32 Å². The third-order valence-corrected chi connectivity index (χ3v) is 5.31. The van der Waals surface area contributed by atoms with Crippen molar-refractivity contribution >= 4 is 34.7 Å². The summed E-state index contributed by atoms with van der Waals surface area (Å²) < 4.78 is 0. The summed E-state index contributed by atoms with van der Waals surface area (Å²) in [5.41, 5.74) is 0.933. The van der Waals surface area contributed by atoms with Crippen LogP contribution in [0.15, 0.2) is 30.3 Å². The van der Waals surface area contributed by atoms with Gasteiger partial charge in [-0.3, -0.25) is 14.4 Å². The summed E-state index contributed by atoms with van der Waals surface area (Å²) in [5, 5.41) is 12.0. The molecule has 0 saturated carbocycles. The maximum Gasteiger partial charge on any atom is 0.313 e. The SMILES string of the molecule is Cc1cc(C(=O)CCC(=O)Nc2ccc(C(C)(C)C(=O)O)cc2)c(C)s1. The van der Waals surface area contributed by atoms with Gasteiger partial charge >= 0.3 is 5.97 Å². The number of thiophene rings is 1. The Balaban J connectivity index is 1.93. The Hall–Kier alpha value is -2.47. The van der Waals surface area contributed by atoms with Gasteiger partial charge in [0.15, 0.2) is 5.78 Å². The van der Waals surface area contributed by atoms with Crippen molar-refractivity contribution < 1.29 is 19.5 Å². The number of carboxylic acids is 1. The van der Waals surface area contributed by atoms with Crippen LogP contribution in [-0.2, 0) is 15.0 Å². The van der Waals surface area contributed by atoms with E-state index in [0.29, 0.717) is 16.8 Å². The maximum atomic E-state index is 12.2. The van der Waals surface area contributed by atoms with Gasteiger partial charge in [0.2, 0.25) is 5.91 Å². The monoisotopic (exact) mass is 373 g/mol. The smallest absolute Gasteiger partial charge is 0.313 e. The lowest BCUT2D eigenvalue weighted by molar-refractivity contribution is -0.142. The molecule has 0 aliphatic rings. The number of anilines is 1. The van der Waals surface area contributed by atoms with Gasteiger partial charge in [0.1, 0.15) is 0 Å². The van der Waals surface area contributed by atoms with E-state index < -0.39 is 11.4 Å². The average molecular weight is 373 g/mol. The fourth-order valence-corrected chi connectivity index (χ4v) is 3.53. The highest BCUT2D eigenvalue weighted by molar-refractivity contribution is 7.12. The highest BCUT2D eigenvalue weighted by Gasteiger charge is 2.29. The fraction of sp³-hybridized carbons (Fsp3) is 0.350. The lowest BCUT2D eigenvalue weighted by Gasteiger charge is -2.19. The van der Waals surface area contributed by atoms with Crippen LogP contribution in [0.25, 0.3) is 0 Å². The van der Waals surface area contributed by atoms with Gasteiger partial charge in [0.25, 0.3) is 0 Å². The van der Waals surface area contributed by atoms with Crippen molar-refractivity contribution in [2.75, 3.05) is 5.32 Å². The fourth-order valence-electron chi connectivity index (χ4n) is 2.59. The van der Waals surface area contributed by atoms with Crippen molar-refractivity contribution in [1.82, 2.24) is 0 Å². The average Bonchev–Trinajstić information content (AvgIpc) is 2.91. The van der Waals surface area contributed by atoms with E-state index in [1.807, 2.05) is 19.9 Å². The van der Waals surface area contributed by atoms with Crippen molar-refractivity contribution in [3.63, 3.8) is 0 Å². The van der Waals surface area contributed by atoms with Crippen molar-refractivity contribution in [2.45, 2.75) is 46.0 Å². The molecule has 0 radical (unpaired) electrons. The number of ketones is 1. The molecule has 2 aromatic rings. The molecule has 1 amide bonds. The molecule has 0 spiro atoms. The summed E-state index contributed by atoms with van der Waals surface area (Å²) in [6, 6.07) is 8.58. The van der Waals surface area contributed by atoms with Gasteiger partial charge in [0, 0.05) is 33.8 Å². The third kappa shape index (κ3) is 4.58. The molecular weight excluding hydrogens is 350 g/mol.